The first-order chi connectivity index (χ1) is 17.0. The molecule has 0 bridgehead atoms. The molecule has 0 fully saturated rings. The summed E-state index contributed by atoms with van der Waals surface area (Å²) in [7, 11) is 1.34. The molecule has 0 unspecified atom stereocenters. The van der Waals surface area contributed by atoms with Gasteiger partial charge in [-0.3, -0.25) is 4.79 Å². The molecule has 10 heteroatoms. The number of rotatable bonds is 10. The van der Waals surface area contributed by atoms with Crippen molar-refractivity contribution in [3.8, 4) is 11.5 Å². The molecule has 0 aliphatic heterocycles. The number of amides is 1. The summed E-state index contributed by atoms with van der Waals surface area (Å²) >= 11 is 0. The van der Waals surface area contributed by atoms with E-state index >= 15 is 0 Å². The third-order valence-corrected chi connectivity index (χ3v) is 5.57. The Morgan fingerprint density at radius 3 is 2.39 bits per heavy atom. The minimum Gasteiger partial charge on any atom is -0.493 e. The van der Waals surface area contributed by atoms with E-state index in [9.17, 15) is 18.8 Å². The number of nitrogens with one attached hydrogen (secondary N) is 1. The lowest BCUT2D eigenvalue weighted by molar-refractivity contribution is -0.151. The number of ether oxygens (including phenoxy) is 4. The first-order valence-electron chi connectivity index (χ1n) is 11.6. The van der Waals surface area contributed by atoms with Gasteiger partial charge in [-0.05, 0) is 56.9 Å². The highest BCUT2D eigenvalue weighted by atomic mass is 19.1. The second kappa shape index (κ2) is 12.9. The average molecular weight is 505 g/mol. The molecule has 0 spiro atoms. The molecule has 0 aliphatic rings. The van der Waals surface area contributed by atoms with E-state index < -0.39 is 30.2 Å². The summed E-state index contributed by atoms with van der Waals surface area (Å²) in [6.07, 6.45) is -0.289. The average Bonchev–Trinajstić information content (AvgIpc) is 2.80. The van der Waals surface area contributed by atoms with Crippen LogP contribution in [0.15, 0.2) is 30.5 Å². The topological polar surface area (TPSA) is 113 Å². The number of nitrogens with zero attached hydrogens (tertiary/aromatic N) is 1. The highest BCUT2D eigenvalue weighted by Gasteiger charge is 2.30. The molecule has 9 nitrogen and oxygen atoms in total. The van der Waals surface area contributed by atoms with Crippen LogP contribution in [0.4, 0.5) is 9.18 Å². The van der Waals surface area contributed by atoms with Crippen LogP contribution in [0.25, 0.3) is 0 Å². The molecular weight excluding hydrogens is 471 g/mol. The highest BCUT2D eigenvalue weighted by molar-refractivity contribution is 5.98. The molecule has 2 aromatic rings. The maximum Gasteiger partial charge on any atom is 0.514 e. The molecule has 3 atom stereocenters. The highest BCUT2D eigenvalue weighted by Crippen LogP contribution is 2.33. The van der Waals surface area contributed by atoms with Crippen LogP contribution in [0, 0.1) is 18.7 Å². The van der Waals surface area contributed by atoms with E-state index in [1.165, 1.54) is 38.4 Å². The van der Waals surface area contributed by atoms with Gasteiger partial charge >= 0.3 is 12.1 Å². The number of hydrogen-bond donors (Lipinski definition) is 1. The van der Waals surface area contributed by atoms with Crippen molar-refractivity contribution in [3.63, 3.8) is 0 Å². The smallest absolute Gasteiger partial charge is 0.493 e. The lowest BCUT2D eigenvalue weighted by Gasteiger charge is -2.30. The van der Waals surface area contributed by atoms with Crippen molar-refractivity contribution in [2.24, 2.45) is 5.92 Å². The molecule has 1 aromatic heterocycles. The molecule has 0 saturated heterocycles. The van der Waals surface area contributed by atoms with Crippen molar-refractivity contribution < 1.29 is 37.7 Å². The predicted molar refractivity (Wildman–Crippen MR) is 130 cm³/mol. The van der Waals surface area contributed by atoms with E-state index in [0.717, 1.165) is 11.1 Å². The van der Waals surface area contributed by atoms with E-state index in [1.807, 2.05) is 20.8 Å². The number of esters is 1. The zero-order chi connectivity index (χ0) is 27.0. The molecule has 2 rings (SSSR count). The quantitative estimate of drug-likeness (QED) is 0.469. The summed E-state index contributed by atoms with van der Waals surface area (Å²) in [4.78, 5) is 41.6. The normalized spacial score (nSPS) is 13.4. The Morgan fingerprint density at radius 2 is 1.81 bits per heavy atom. The minimum atomic E-state index is -1.05. The largest absolute Gasteiger partial charge is 0.514 e. The van der Waals surface area contributed by atoms with E-state index in [-0.39, 0.29) is 41.5 Å². The van der Waals surface area contributed by atoms with Crippen LogP contribution in [0.3, 0.4) is 0 Å². The molecule has 0 radical (unpaired) electrons. The Hall–Kier alpha value is -3.69. The number of pyridine rings is 1. The zero-order valence-corrected chi connectivity index (χ0v) is 21.6. The van der Waals surface area contributed by atoms with Crippen LogP contribution in [0.2, 0.25) is 0 Å². The lowest BCUT2D eigenvalue weighted by atomic mass is 9.82. The number of aryl methyl sites for hydroxylation is 1. The van der Waals surface area contributed by atoms with Gasteiger partial charge in [-0.25, -0.2) is 19.0 Å². The maximum absolute atomic E-state index is 13.6. The predicted octanol–water partition coefficient (Wildman–Crippen LogP) is 4.56. The van der Waals surface area contributed by atoms with E-state index in [1.54, 1.807) is 19.9 Å². The Labute approximate surface area is 210 Å². The summed E-state index contributed by atoms with van der Waals surface area (Å²) < 4.78 is 34.3. The Morgan fingerprint density at radius 1 is 1.11 bits per heavy atom. The fourth-order valence-corrected chi connectivity index (χ4v) is 3.93. The van der Waals surface area contributed by atoms with Crippen LogP contribution in [0.1, 0.15) is 62.2 Å². The van der Waals surface area contributed by atoms with Crippen LogP contribution >= 0.6 is 0 Å². The van der Waals surface area contributed by atoms with Gasteiger partial charge in [-0.1, -0.05) is 19.9 Å². The first-order valence-corrected chi connectivity index (χ1v) is 11.6. The molecule has 0 aliphatic carbocycles. The van der Waals surface area contributed by atoms with Gasteiger partial charge in [0.05, 0.1) is 13.7 Å². The Kier molecular flexibility index (Phi) is 10.2. The number of carbonyl (C=O) groups is 3. The molecule has 1 N–H and O–H groups in total. The van der Waals surface area contributed by atoms with Gasteiger partial charge in [0.25, 0.3) is 5.91 Å². The zero-order valence-electron chi connectivity index (χ0n) is 21.6. The molecule has 0 saturated carbocycles. The van der Waals surface area contributed by atoms with E-state index in [0.29, 0.717) is 0 Å². The number of methoxy groups -OCH3 is 1. The van der Waals surface area contributed by atoms with Crippen LogP contribution in [0.5, 0.6) is 11.5 Å². The van der Waals surface area contributed by atoms with Gasteiger partial charge in [0.15, 0.2) is 11.4 Å². The number of benzene rings is 1. The summed E-state index contributed by atoms with van der Waals surface area (Å²) in [5.74, 6) is -2.04. The summed E-state index contributed by atoms with van der Waals surface area (Å²) in [6.45, 7) is 10.7. The second-order valence-electron chi connectivity index (χ2n) is 8.58. The third-order valence-electron chi connectivity index (χ3n) is 5.57. The monoisotopic (exact) mass is 504 g/mol. The van der Waals surface area contributed by atoms with Gasteiger partial charge in [0, 0.05) is 18.2 Å². The summed E-state index contributed by atoms with van der Waals surface area (Å²) in [5.41, 5.74) is 1.37. The van der Waals surface area contributed by atoms with Crippen molar-refractivity contribution in [1.29, 1.82) is 0 Å². The molecule has 1 aromatic carbocycles. The minimum absolute atomic E-state index is 0.0683. The van der Waals surface area contributed by atoms with Crippen molar-refractivity contribution in [3.05, 3.63) is 53.1 Å². The van der Waals surface area contributed by atoms with Crippen LogP contribution < -0.4 is 14.8 Å². The Bertz CT molecular complexity index is 1090. The van der Waals surface area contributed by atoms with Gasteiger partial charge in [-0.15, -0.1) is 0 Å². The molecule has 1 amide bonds. The fraction of sp³-hybridized carbons (Fsp3) is 0.462. The van der Waals surface area contributed by atoms with Gasteiger partial charge < -0.3 is 24.3 Å². The molecule has 36 heavy (non-hydrogen) atoms. The number of aromatic nitrogens is 1. The van der Waals surface area contributed by atoms with Crippen LogP contribution in [-0.2, 0) is 14.3 Å². The third kappa shape index (κ3) is 7.16. The van der Waals surface area contributed by atoms with Gasteiger partial charge in [0.1, 0.15) is 18.0 Å². The van der Waals surface area contributed by atoms with Crippen LogP contribution in [-0.4, -0.2) is 48.9 Å². The fourth-order valence-electron chi connectivity index (χ4n) is 3.93. The molecule has 196 valence electrons. The first kappa shape index (κ1) is 28.5. The molecule has 1 heterocycles. The number of hydrogen-bond acceptors (Lipinski definition) is 8. The van der Waals surface area contributed by atoms with E-state index in [4.69, 9.17) is 18.9 Å². The Balaban J connectivity index is 2.17. The maximum atomic E-state index is 13.6. The van der Waals surface area contributed by atoms with E-state index in [2.05, 4.69) is 10.3 Å². The summed E-state index contributed by atoms with van der Waals surface area (Å²) in [5, 5.41) is 2.51. The van der Waals surface area contributed by atoms with Crippen molar-refractivity contribution in [1.82, 2.24) is 10.3 Å². The number of halogens is 1. The van der Waals surface area contributed by atoms with Gasteiger partial charge in [0.2, 0.25) is 5.75 Å². The second-order valence-corrected chi connectivity index (χ2v) is 8.58. The van der Waals surface area contributed by atoms with Gasteiger partial charge in [-0.2, -0.15) is 0 Å². The number of carbonyl (C=O) groups excluding carboxylic acids is 3. The molecular formula is C26H33FN2O7. The SMILES string of the molecule is CCOC(=O)Oc1c(OC)ccnc1C(=O)N[C@@H](C)C(=O)O[C@@H](C)[C@H](c1ccc(F)cc1C)C(C)C. The standard InChI is InChI=1S/C26H33FN2O7/c1-8-34-26(32)36-23-20(33-7)11-12-28-22(23)24(30)29-16(5)25(31)35-17(6)21(14(2)3)19-10-9-18(27)13-15(19)4/h9-14,16-17,21H,8H2,1-7H3,(H,29,30)/t16-,17-,21+/m0/s1. The van der Waals surface area contributed by atoms with Crippen molar-refractivity contribution in [2.75, 3.05) is 13.7 Å². The lowest BCUT2D eigenvalue weighted by Crippen LogP contribution is -2.42. The van der Waals surface area contributed by atoms with Crippen molar-refractivity contribution >= 4 is 18.0 Å². The van der Waals surface area contributed by atoms with Crippen molar-refractivity contribution in [2.45, 2.75) is 59.6 Å². The summed E-state index contributed by atoms with van der Waals surface area (Å²) in [6, 6.07) is 4.88.